The minimum atomic E-state index is 0.623. The molecule has 0 bridgehead atoms. The van der Waals surface area contributed by atoms with E-state index >= 15 is 0 Å². The Morgan fingerprint density at radius 2 is 0.868 bits per heavy atom. The average molecular weight is 866 g/mol. The smallest absolute Gasteiger partial charge is 0.164 e. The van der Waals surface area contributed by atoms with Gasteiger partial charge in [-0.1, -0.05) is 182 Å². The Balaban J connectivity index is 1.01. The second-order valence-electron chi connectivity index (χ2n) is 17.6. The molecule has 3 heterocycles. The van der Waals surface area contributed by atoms with Crippen molar-refractivity contribution in [3.63, 3.8) is 0 Å². The molecule has 0 saturated heterocycles. The highest BCUT2D eigenvalue weighted by molar-refractivity contribution is 6.25. The third-order valence-electron chi connectivity index (χ3n) is 13.7. The zero-order valence-electron chi connectivity index (χ0n) is 36.8. The Morgan fingerprint density at radius 3 is 1.69 bits per heavy atom. The van der Waals surface area contributed by atoms with Crippen LogP contribution in [0.4, 0.5) is 0 Å². The molecule has 0 saturated carbocycles. The minimum absolute atomic E-state index is 0.623. The van der Waals surface area contributed by atoms with Gasteiger partial charge in [0.05, 0.1) is 27.8 Å². The number of fused-ring (bicyclic) bond motifs is 10. The van der Waals surface area contributed by atoms with Gasteiger partial charge in [0.1, 0.15) is 0 Å². The van der Waals surface area contributed by atoms with Gasteiger partial charge in [0, 0.05) is 49.3 Å². The molecule has 3 aromatic heterocycles. The molecule has 316 valence electrons. The van der Waals surface area contributed by atoms with Crippen molar-refractivity contribution in [2.24, 2.45) is 0 Å². The summed E-state index contributed by atoms with van der Waals surface area (Å²) in [5.41, 5.74) is 11.9. The number of hydrogen-bond donors (Lipinski definition) is 0. The monoisotopic (exact) mass is 865 g/mol. The van der Waals surface area contributed by atoms with Crippen LogP contribution in [-0.4, -0.2) is 24.1 Å². The van der Waals surface area contributed by atoms with E-state index < -0.39 is 0 Å². The Labute approximate surface area is 391 Å². The molecule has 0 unspecified atom stereocenters. The SMILES string of the molecule is c1ccc(-c2cccc(-c3nc(-c4ccccc4)nc(-c4ccc(-n5c6ccccc6c6cc7c8c9ccccc9ccc8n(-c8ccc9ccccc9c8)c7cc65)c5ccccc45)n3)c2)cc1. The van der Waals surface area contributed by atoms with Crippen LogP contribution in [0.5, 0.6) is 0 Å². The van der Waals surface area contributed by atoms with Gasteiger partial charge in [-0.15, -0.1) is 0 Å². The van der Waals surface area contributed by atoms with Crippen LogP contribution >= 0.6 is 0 Å². The molecule has 0 radical (unpaired) electrons. The van der Waals surface area contributed by atoms with Gasteiger partial charge in [0.2, 0.25) is 0 Å². The van der Waals surface area contributed by atoms with E-state index in [-0.39, 0.29) is 0 Å². The average Bonchev–Trinajstić information content (AvgIpc) is 3.92. The molecular weight excluding hydrogens is 827 g/mol. The zero-order valence-corrected chi connectivity index (χ0v) is 36.8. The molecule has 0 aliphatic rings. The largest absolute Gasteiger partial charge is 0.309 e. The van der Waals surface area contributed by atoms with Crippen LogP contribution in [0.2, 0.25) is 0 Å². The van der Waals surface area contributed by atoms with Gasteiger partial charge in [-0.2, -0.15) is 0 Å². The van der Waals surface area contributed by atoms with Crippen molar-refractivity contribution >= 4 is 75.9 Å². The Morgan fingerprint density at radius 1 is 0.265 bits per heavy atom. The Bertz CT molecular complexity index is 4320. The molecule has 0 aliphatic heterocycles. The summed E-state index contributed by atoms with van der Waals surface area (Å²) in [6.45, 7) is 0. The van der Waals surface area contributed by atoms with E-state index in [1.807, 2.05) is 24.3 Å². The van der Waals surface area contributed by atoms with Gasteiger partial charge < -0.3 is 9.13 Å². The fourth-order valence-corrected chi connectivity index (χ4v) is 10.6. The molecule has 68 heavy (non-hydrogen) atoms. The lowest BCUT2D eigenvalue weighted by Crippen LogP contribution is -2.02. The molecular formula is C63H39N5. The first-order valence-corrected chi connectivity index (χ1v) is 23.1. The zero-order chi connectivity index (χ0) is 44.7. The van der Waals surface area contributed by atoms with Crippen LogP contribution < -0.4 is 0 Å². The van der Waals surface area contributed by atoms with Crippen LogP contribution in [0.1, 0.15) is 0 Å². The van der Waals surface area contributed by atoms with Crippen LogP contribution in [-0.2, 0) is 0 Å². The molecule has 11 aromatic carbocycles. The molecule has 0 aliphatic carbocycles. The van der Waals surface area contributed by atoms with Crippen molar-refractivity contribution in [3.8, 4) is 56.7 Å². The van der Waals surface area contributed by atoms with Crippen molar-refractivity contribution in [3.05, 3.63) is 237 Å². The maximum absolute atomic E-state index is 5.28. The summed E-state index contributed by atoms with van der Waals surface area (Å²) >= 11 is 0. The second-order valence-corrected chi connectivity index (χ2v) is 17.6. The van der Waals surface area contributed by atoms with Gasteiger partial charge in [0.15, 0.2) is 17.5 Å². The van der Waals surface area contributed by atoms with Gasteiger partial charge in [-0.25, -0.2) is 15.0 Å². The number of nitrogens with zero attached hydrogens (tertiary/aromatic N) is 5. The normalized spacial score (nSPS) is 11.8. The summed E-state index contributed by atoms with van der Waals surface area (Å²) in [5, 5.41) is 12.0. The molecule has 0 N–H and O–H groups in total. The van der Waals surface area contributed by atoms with E-state index in [2.05, 4.69) is 221 Å². The molecule has 0 fully saturated rings. The number of hydrogen-bond acceptors (Lipinski definition) is 3. The summed E-state index contributed by atoms with van der Waals surface area (Å²) in [5.74, 6) is 1.88. The van der Waals surface area contributed by atoms with Crippen LogP contribution in [0.3, 0.4) is 0 Å². The standard InChI is InChI=1S/C63H39N5/c1-3-16-40(17-4-1)44-23-15-24-46(36-44)62-64-61(43-20-5-2-6-21-43)65-63(66-62)52-33-35-56(50-27-12-11-26-49(50)52)68-55-29-14-13-28-51(55)53-38-54-59(39-58(53)68)67(47-32-30-41-18-7-8-22-45(41)37-47)57-34-31-42-19-9-10-25-48(42)60(54)57/h1-39H. The molecule has 14 aromatic rings. The highest BCUT2D eigenvalue weighted by Gasteiger charge is 2.22. The molecule has 5 heteroatoms. The first-order chi connectivity index (χ1) is 33.7. The lowest BCUT2D eigenvalue weighted by molar-refractivity contribution is 1.08. The summed E-state index contributed by atoms with van der Waals surface area (Å²) in [6.07, 6.45) is 0. The number of rotatable bonds is 6. The molecule has 5 nitrogen and oxygen atoms in total. The fraction of sp³-hybridized carbons (Fsp3) is 0. The number of para-hydroxylation sites is 1. The first kappa shape index (κ1) is 38.1. The third kappa shape index (κ3) is 5.99. The van der Waals surface area contributed by atoms with Gasteiger partial charge in [-0.3, -0.25) is 0 Å². The van der Waals surface area contributed by atoms with E-state index in [1.54, 1.807) is 0 Å². The summed E-state index contributed by atoms with van der Waals surface area (Å²) in [4.78, 5) is 15.6. The van der Waals surface area contributed by atoms with Crippen LogP contribution in [0.15, 0.2) is 237 Å². The van der Waals surface area contributed by atoms with Crippen molar-refractivity contribution in [2.75, 3.05) is 0 Å². The Hall–Kier alpha value is -9.19. The van der Waals surface area contributed by atoms with Crippen LogP contribution in [0.25, 0.3) is 133 Å². The van der Waals surface area contributed by atoms with Gasteiger partial charge >= 0.3 is 0 Å². The number of aromatic nitrogens is 5. The summed E-state index contributed by atoms with van der Waals surface area (Å²) in [7, 11) is 0. The van der Waals surface area contributed by atoms with Gasteiger partial charge in [-0.05, 0) is 92.7 Å². The highest BCUT2D eigenvalue weighted by Crippen LogP contribution is 2.44. The quantitative estimate of drug-likeness (QED) is 0.167. The maximum Gasteiger partial charge on any atom is 0.164 e. The first-order valence-electron chi connectivity index (χ1n) is 23.1. The number of benzene rings is 11. The fourth-order valence-electron chi connectivity index (χ4n) is 10.6. The molecule has 14 rings (SSSR count). The summed E-state index contributed by atoms with van der Waals surface area (Å²) in [6, 6.07) is 84.7. The van der Waals surface area contributed by atoms with Crippen LogP contribution in [0, 0.1) is 0 Å². The molecule has 0 amide bonds. The predicted molar refractivity (Wildman–Crippen MR) is 283 cm³/mol. The lowest BCUT2D eigenvalue weighted by Gasteiger charge is -2.15. The van der Waals surface area contributed by atoms with Crippen molar-refractivity contribution in [1.82, 2.24) is 24.1 Å². The topological polar surface area (TPSA) is 48.5 Å². The van der Waals surface area contributed by atoms with Gasteiger partial charge in [0.25, 0.3) is 0 Å². The Kier molecular flexibility index (Phi) is 8.52. The molecule has 0 spiro atoms. The van der Waals surface area contributed by atoms with Crippen molar-refractivity contribution < 1.29 is 0 Å². The minimum Gasteiger partial charge on any atom is -0.309 e. The van der Waals surface area contributed by atoms with Crippen molar-refractivity contribution in [2.45, 2.75) is 0 Å². The van der Waals surface area contributed by atoms with E-state index in [9.17, 15) is 0 Å². The van der Waals surface area contributed by atoms with E-state index in [0.717, 1.165) is 66.5 Å². The van der Waals surface area contributed by atoms with E-state index in [1.165, 1.54) is 48.6 Å². The summed E-state index contributed by atoms with van der Waals surface area (Å²) < 4.78 is 4.92. The lowest BCUT2D eigenvalue weighted by atomic mass is 10.0. The van der Waals surface area contributed by atoms with E-state index in [4.69, 9.17) is 15.0 Å². The van der Waals surface area contributed by atoms with E-state index in [0.29, 0.717) is 17.5 Å². The maximum atomic E-state index is 5.28. The third-order valence-corrected chi connectivity index (χ3v) is 13.7. The highest BCUT2D eigenvalue weighted by atomic mass is 15.0. The molecule has 0 atom stereocenters. The predicted octanol–water partition coefficient (Wildman–Crippen LogP) is 16.2. The second kappa shape index (κ2) is 15.2. The van der Waals surface area contributed by atoms with Crippen molar-refractivity contribution in [1.29, 1.82) is 0 Å².